The summed E-state index contributed by atoms with van der Waals surface area (Å²) < 4.78 is 26.8. The van der Waals surface area contributed by atoms with E-state index in [0.29, 0.717) is 5.02 Å². The Labute approximate surface area is 105 Å². The molecule has 0 spiro atoms. The Morgan fingerprint density at radius 1 is 1.35 bits per heavy atom. The maximum Gasteiger partial charge on any atom is 0.326 e. The highest BCUT2D eigenvalue weighted by Gasteiger charge is 2.37. The van der Waals surface area contributed by atoms with Crippen molar-refractivity contribution in [2.75, 3.05) is 4.72 Å². The second-order valence-electron chi connectivity index (χ2n) is 3.99. The number of fused-ring (bicyclic) bond motifs is 1. The average Bonchev–Trinajstić information content (AvgIpc) is 2.17. The maximum absolute atomic E-state index is 12.1. The Balaban J connectivity index is 2.62. The highest BCUT2D eigenvalue weighted by molar-refractivity contribution is 7.91. The lowest BCUT2D eigenvalue weighted by atomic mass is 10.1. The van der Waals surface area contributed by atoms with E-state index >= 15 is 0 Å². The monoisotopic (exact) mass is 274 g/mol. The van der Waals surface area contributed by atoms with Crippen molar-refractivity contribution in [2.45, 2.75) is 19.9 Å². The molecular formula is C10H11ClN2O3S. The molecule has 2 rings (SSSR count). The van der Waals surface area contributed by atoms with Crippen LogP contribution in [-0.4, -0.2) is 24.7 Å². The van der Waals surface area contributed by atoms with Crippen molar-refractivity contribution < 1.29 is 13.2 Å². The first kappa shape index (κ1) is 12.2. The Kier molecular flexibility index (Phi) is 2.79. The van der Waals surface area contributed by atoms with Gasteiger partial charge in [-0.2, -0.15) is 8.42 Å². The van der Waals surface area contributed by atoms with Gasteiger partial charge >= 0.3 is 10.2 Å². The SMILES string of the molecule is CC(C)N1C(=O)c2cc(Cl)ccc2NS1(=O)=O. The zero-order valence-corrected chi connectivity index (χ0v) is 10.8. The minimum Gasteiger partial charge on any atom is -0.268 e. The van der Waals surface area contributed by atoms with Gasteiger partial charge in [0.15, 0.2) is 0 Å². The van der Waals surface area contributed by atoms with Crippen molar-refractivity contribution in [1.82, 2.24) is 4.31 Å². The molecule has 0 radical (unpaired) electrons. The lowest BCUT2D eigenvalue weighted by Gasteiger charge is -2.31. The first-order valence-corrected chi connectivity index (χ1v) is 6.81. The summed E-state index contributed by atoms with van der Waals surface area (Å²) >= 11 is 5.79. The molecule has 1 aromatic carbocycles. The lowest BCUT2D eigenvalue weighted by molar-refractivity contribution is 0.0834. The van der Waals surface area contributed by atoms with Crippen LogP contribution in [0.25, 0.3) is 0 Å². The van der Waals surface area contributed by atoms with Crippen LogP contribution in [0.4, 0.5) is 5.69 Å². The minimum absolute atomic E-state index is 0.260. The number of hydrogen-bond donors (Lipinski definition) is 1. The third kappa shape index (κ3) is 1.98. The first-order valence-electron chi connectivity index (χ1n) is 4.99. The largest absolute Gasteiger partial charge is 0.326 e. The Hall–Kier alpha value is -1.27. The standard InChI is InChI=1S/C10H11ClN2O3S/c1-6(2)13-10(14)8-5-7(11)3-4-9(8)12-17(13,15)16/h3-6,12H,1-2H3. The molecule has 1 N–H and O–H groups in total. The van der Waals surface area contributed by atoms with Crippen LogP contribution in [0.5, 0.6) is 0 Å². The molecule has 0 saturated carbocycles. The number of amides is 1. The fourth-order valence-corrected chi connectivity index (χ4v) is 3.31. The molecule has 0 bridgehead atoms. The number of benzene rings is 1. The highest BCUT2D eigenvalue weighted by Crippen LogP contribution is 2.29. The molecule has 0 aromatic heterocycles. The van der Waals surface area contributed by atoms with E-state index in [0.717, 1.165) is 4.31 Å². The zero-order chi connectivity index (χ0) is 12.8. The first-order chi connectivity index (χ1) is 7.83. The van der Waals surface area contributed by atoms with Gasteiger partial charge in [-0.1, -0.05) is 11.6 Å². The molecule has 0 fully saturated rings. The van der Waals surface area contributed by atoms with Crippen molar-refractivity contribution in [3.05, 3.63) is 28.8 Å². The van der Waals surface area contributed by atoms with Crippen molar-refractivity contribution in [3.8, 4) is 0 Å². The number of carbonyl (C=O) groups excluding carboxylic acids is 1. The van der Waals surface area contributed by atoms with E-state index in [1.807, 2.05) is 0 Å². The van der Waals surface area contributed by atoms with Crippen molar-refractivity contribution in [1.29, 1.82) is 0 Å². The highest BCUT2D eigenvalue weighted by atomic mass is 35.5. The third-order valence-electron chi connectivity index (χ3n) is 2.38. The molecular weight excluding hydrogens is 264 g/mol. The minimum atomic E-state index is -3.81. The van der Waals surface area contributed by atoms with Crippen molar-refractivity contribution in [2.24, 2.45) is 0 Å². The van der Waals surface area contributed by atoms with Crippen LogP contribution >= 0.6 is 11.6 Å². The smallest absolute Gasteiger partial charge is 0.268 e. The van der Waals surface area contributed by atoms with Crippen molar-refractivity contribution >= 4 is 33.4 Å². The molecule has 7 heteroatoms. The van der Waals surface area contributed by atoms with Crippen LogP contribution in [0.1, 0.15) is 24.2 Å². The van der Waals surface area contributed by atoms with Crippen LogP contribution in [0.3, 0.4) is 0 Å². The van der Waals surface area contributed by atoms with Crippen LogP contribution < -0.4 is 4.72 Å². The molecule has 1 aliphatic rings. The molecule has 5 nitrogen and oxygen atoms in total. The van der Waals surface area contributed by atoms with Gasteiger partial charge in [-0.15, -0.1) is 0 Å². The van der Waals surface area contributed by atoms with Gasteiger partial charge in [0.2, 0.25) is 0 Å². The molecule has 1 amide bonds. The van der Waals surface area contributed by atoms with Crippen LogP contribution in [0.15, 0.2) is 18.2 Å². The Morgan fingerprint density at radius 2 is 2.00 bits per heavy atom. The molecule has 0 unspecified atom stereocenters. The number of carbonyl (C=O) groups is 1. The van der Waals surface area contributed by atoms with E-state index in [1.165, 1.54) is 18.2 Å². The normalized spacial score (nSPS) is 17.9. The van der Waals surface area contributed by atoms with Crippen LogP contribution in [0.2, 0.25) is 5.02 Å². The van der Waals surface area contributed by atoms with Gasteiger partial charge in [-0.25, -0.2) is 4.31 Å². The topological polar surface area (TPSA) is 66.5 Å². The van der Waals surface area contributed by atoms with Crippen LogP contribution in [-0.2, 0) is 10.2 Å². The van der Waals surface area contributed by atoms with E-state index in [9.17, 15) is 13.2 Å². The molecule has 0 saturated heterocycles. The fraction of sp³-hybridized carbons (Fsp3) is 0.300. The predicted molar refractivity (Wildman–Crippen MR) is 65.3 cm³/mol. The van der Waals surface area contributed by atoms with E-state index in [1.54, 1.807) is 13.8 Å². The van der Waals surface area contributed by atoms with Gasteiger partial charge < -0.3 is 0 Å². The summed E-state index contributed by atoms with van der Waals surface area (Å²) in [5.41, 5.74) is 0.525. The van der Waals surface area contributed by atoms with Crippen molar-refractivity contribution in [3.63, 3.8) is 0 Å². The third-order valence-corrected chi connectivity index (χ3v) is 4.20. The second-order valence-corrected chi connectivity index (χ2v) is 5.98. The van der Waals surface area contributed by atoms with E-state index in [-0.39, 0.29) is 11.3 Å². The Bertz CT molecular complexity index is 583. The number of rotatable bonds is 1. The summed E-state index contributed by atoms with van der Waals surface area (Å²) in [5.74, 6) is -0.559. The van der Waals surface area contributed by atoms with E-state index in [4.69, 9.17) is 11.6 Å². The summed E-state index contributed by atoms with van der Waals surface area (Å²) in [7, 11) is -3.81. The van der Waals surface area contributed by atoms with Gasteiger partial charge in [0.1, 0.15) is 0 Å². The molecule has 17 heavy (non-hydrogen) atoms. The van der Waals surface area contributed by atoms with Gasteiger partial charge in [-0.3, -0.25) is 9.52 Å². The summed E-state index contributed by atoms with van der Waals surface area (Å²) in [6, 6.07) is 4.01. The molecule has 0 aliphatic carbocycles. The Morgan fingerprint density at radius 3 is 2.59 bits per heavy atom. The van der Waals surface area contributed by atoms with E-state index in [2.05, 4.69) is 4.72 Å². The molecule has 1 heterocycles. The quantitative estimate of drug-likeness (QED) is 0.850. The summed E-state index contributed by atoms with van der Waals surface area (Å²) in [5, 5.41) is 0.391. The summed E-state index contributed by atoms with van der Waals surface area (Å²) in [6.45, 7) is 3.26. The predicted octanol–water partition coefficient (Wildman–Crippen LogP) is 1.86. The number of nitrogens with zero attached hydrogens (tertiary/aromatic N) is 1. The molecule has 1 aromatic rings. The number of halogens is 1. The maximum atomic E-state index is 12.1. The van der Waals surface area contributed by atoms with Gasteiger partial charge in [0, 0.05) is 11.1 Å². The summed E-state index contributed by atoms with van der Waals surface area (Å²) in [4.78, 5) is 12.1. The fourth-order valence-electron chi connectivity index (χ4n) is 1.71. The number of anilines is 1. The molecule has 1 aliphatic heterocycles. The number of nitrogens with one attached hydrogen (secondary N) is 1. The second kappa shape index (κ2) is 3.89. The molecule has 92 valence electrons. The van der Waals surface area contributed by atoms with Crippen LogP contribution in [0, 0.1) is 0 Å². The lowest BCUT2D eigenvalue weighted by Crippen LogP contribution is -2.48. The zero-order valence-electron chi connectivity index (χ0n) is 9.27. The summed E-state index contributed by atoms with van der Waals surface area (Å²) in [6.07, 6.45) is 0. The van der Waals surface area contributed by atoms with Gasteiger partial charge in [0.05, 0.1) is 11.3 Å². The van der Waals surface area contributed by atoms with Gasteiger partial charge in [-0.05, 0) is 32.0 Å². The number of hydrogen-bond acceptors (Lipinski definition) is 3. The van der Waals surface area contributed by atoms with Gasteiger partial charge in [0.25, 0.3) is 5.91 Å². The average molecular weight is 275 g/mol. The molecule has 0 atom stereocenters. The van der Waals surface area contributed by atoms with E-state index < -0.39 is 22.2 Å².